The minimum atomic E-state index is -4.44. The number of pyridine rings is 1. The largest absolute Gasteiger partial charge is 0.467 e. The first kappa shape index (κ1) is 12.3. The summed E-state index contributed by atoms with van der Waals surface area (Å²) in [5, 5.41) is 2.75. The molecular formula is C11H10F3N3O. The van der Waals surface area contributed by atoms with E-state index in [0.29, 0.717) is 12.0 Å². The summed E-state index contributed by atoms with van der Waals surface area (Å²) >= 11 is 0. The van der Waals surface area contributed by atoms with Crippen molar-refractivity contribution in [2.45, 2.75) is 12.7 Å². The molecule has 0 unspecified atom stereocenters. The molecular weight excluding hydrogens is 247 g/mol. The summed E-state index contributed by atoms with van der Waals surface area (Å²) in [5.41, 5.74) is 4.78. The summed E-state index contributed by atoms with van der Waals surface area (Å²) in [6.07, 6.45) is -2.26. The maximum Gasteiger partial charge on any atom is 0.417 e. The van der Waals surface area contributed by atoms with Crippen LogP contribution in [-0.2, 0) is 12.7 Å². The molecule has 4 nitrogen and oxygen atoms in total. The molecule has 0 fully saturated rings. The molecule has 0 atom stereocenters. The molecule has 0 bridgehead atoms. The number of nitrogens with zero attached hydrogens (tertiary/aromatic N) is 1. The van der Waals surface area contributed by atoms with Crippen LogP contribution in [0.4, 0.5) is 24.7 Å². The van der Waals surface area contributed by atoms with Crippen molar-refractivity contribution < 1.29 is 17.6 Å². The van der Waals surface area contributed by atoms with Gasteiger partial charge >= 0.3 is 6.18 Å². The lowest BCUT2D eigenvalue weighted by atomic mass is 10.2. The number of hydrogen-bond donors (Lipinski definition) is 2. The molecule has 0 saturated carbocycles. The van der Waals surface area contributed by atoms with Crippen molar-refractivity contribution in [2.75, 3.05) is 11.1 Å². The third-order valence-corrected chi connectivity index (χ3v) is 2.28. The minimum absolute atomic E-state index is 0.00885. The predicted octanol–water partition coefficient (Wildman–Crippen LogP) is 2.89. The number of nitrogen functional groups attached to an aromatic ring is 1. The highest BCUT2D eigenvalue weighted by Gasteiger charge is 2.31. The first-order valence-electron chi connectivity index (χ1n) is 5.06. The van der Waals surface area contributed by atoms with Crippen LogP contribution in [0.5, 0.6) is 0 Å². The number of nitrogens with one attached hydrogen (secondary N) is 1. The van der Waals surface area contributed by atoms with Crippen LogP contribution in [0, 0.1) is 0 Å². The molecule has 96 valence electrons. The van der Waals surface area contributed by atoms with Crippen LogP contribution in [0.1, 0.15) is 11.3 Å². The van der Waals surface area contributed by atoms with Crippen LogP contribution in [0.3, 0.4) is 0 Å². The Balaban J connectivity index is 2.16. The summed E-state index contributed by atoms with van der Waals surface area (Å²) in [7, 11) is 0. The van der Waals surface area contributed by atoms with Crippen LogP contribution >= 0.6 is 0 Å². The Morgan fingerprint density at radius 1 is 1.39 bits per heavy atom. The van der Waals surface area contributed by atoms with Crippen LogP contribution < -0.4 is 11.1 Å². The molecule has 2 aromatic rings. The normalized spacial score (nSPS) is 11.5. The van der Waals surface area contributed by atoms with Gasteiger partial charge in [-0.1, -0.05) is 0 Å². The van der Waals surface area contributed by atoms with Crippen molar-refractivity contribution >= 4 is 11.5 Å². The number of nitrogens with two attached hydrogens (primary N) is 1. The van der Waals surface area contributed by atoms with E-state index in [-0.39, 0.29) is 18.1 Å². The Kier molecular flexibility index (Phi) is 3.14. The molecule has 18 heavy (non-hydrogen) atoms. The van der Waals surface area contributed by atoms with Crippen LogP contribution in [0.25, 0.3) is 0 Å². The molecule has 0 spiro atoms. The monoisotopic (exact) mass is 257 g/mol. The Labute approximate surface area is 101 Å². The number of anilines is 2. The zero-order valence-electron chi connectivity index (χ0n) is 9.16. The molecule has 0 amide bonds. The van der Waals surface area contributed by atoms with Gasteiger partial charge in [-0.15, -0.1) is 0 Å². The number of alkyl halides is 3. The van der Waals surface area contributed by atoms with E-state index in [2.05, 4.69) is 10.3 Å². The second-order valence-corrected chi connectivity index (χ2v) is 3.59. The molecule has 2 aromatic heterocycles. The van der Waals surface area contributed by atoms with E-state index in [1.807, 2.05) is 0 Å². The molecule has 7 heteroatoms. The zero-order valence-corrected chi connectivity index (χ0v) is 9.16. The Bertz CT molecular complexity index is 523. The lowest BCUT2D eigenvalue weighted by molar-refractivity contribution is -0.137. The average molecular weight is 257 g/mol. The molecule has 2 rings (SSSR count). The van der Waals surface area contributed by atoms with Gasteiger partial charge in [0.2, 0.25) is 0 Å². The maximum absolute atomic E-state index is 12.5. The number of halogens is 3. The molecule has 0 aromatic carbocycles. The highest BCUT2D eigenvalue weighted by Crippen LogP contribution is 2.31. The molecule has 0 aliphatic rings. The van der Waals surface area contributed by atoms with Gasteiger partial charge in [-0.3, -0.25) is 0 Å². The fraction of sp³-hybridized carbons (Fsp3) is 0.182. The lowest BCUT2D eigenvalue weighted by Gasteiger charge is -2.11. The highest BCUT2D eigenvalue weighted by molar-refractivity contribution is 5.62. The molecule has 2 heterocycles. The van der Waals surface area contributed by atoms with Crippen molar-refractivity contribution in [1.82, 2.24) is 4.98 Å². The zero-order chi connectivity index (χ0) is 13.2. The van der Waals surface area contributed by atoms with Crippen LogP contribution in [-0.4, -0.2) is 4.98 Å². The van der Waals surface area contributed by atoms with Crippen LogP contribution in [0.2, 0.25) is 0 Å². The van der Waals surface area contributed by atoms with Crippen LogP contribution in [0.15, 0.2) is 35.1 Å². The predicted molar refractivity (Wildman–Crippen MR) is 59.7 cm³/mol. The highest BCUT2D eigenvalue weighted by atomic mass is 19.4. The van der Waals surface area contributed by atoms with E-state index < -0.39 is 11.7 Å². The lowest BCUT2D eigenvalue weighted by Crippen LogP contribution is -2.09. The van der Waals surface area contributed by atoms with E-state index in [9.17, 15) is 13.2 Å². The molecule has 3 N–H and O–H groups in total. The smallest absolute Gasteiger partial charge is 0.417 e. The molecule has 0 radical (unpaired) electrons. The van der Waals surface area contributed by atoms with E-state index in [1.54, 1.807) is 12.1 Å². The fourth-order valence-corrected chi connectivity index (χ4v) is 1.37. The Hall–Kier alpha value is -2.18. The van der Waals surface area contributed by atoms with Gasteiger partial charge in [-0.25, -0.2) is 4.98 Å². The Morgan fingerprint density at radius 2 is 2.17 bits per heavy atom. The van der Waals surface area contributed by atoms with Gasteiger partial charge in [0.1, 0.15) is 11.6 Å². The summed E-state index contributed by atoms with van der Waals surface area (Å²) in [4.78, 5) is 3.51. The van der Waals surface area contributed by atoms with Gasteiger partial charge in [-0.2, -0.15) is 13.2 Å². The van der Waals surface area contributed by atoms with Gasteiger partial charge in [0.25, 0.3) is 0 Å². The third kappa shape index (κ3) is 2.73. The quantitative estimate of drug-likeness (QED) is 0.887. The molecule has 0 saturated heterocycles. The van der Waals surface area contributed by atoms with Gasteiger partial charge in [0.15, 0.2) is 0 Å². The molecule has 0 aliphatic carbocycles. The van der Waals surface area contributed by atoms with Crippen molar-refractivity contribution in [3.8, 4) is 0 Å². The van der Waals surface area contributed by atoms with Crippen molar-refractivity contribution in [3.05, 3.63) is 42.0 Å². The van der Waals surface area contributed by atoms with Crippen molar-refractivity contribution in [3.63, 3.8) is 0 Å². The molecule has 0 aliphatic heterocycles. The second-order valence-electron chi connectivity index (χ2n) is 3.59. The Morgan fingerprint density at radius 3 is 2.78 bits per heavy atom. The third-order valence-electron chi connectivity index (χ3n) is 2.28. The summed E-state index contributed by atoms with van der Waals surface area (Å²) in [5.74, 6) is 0.598. The van der Waals surface area contributed by atoms with Crippen molar-refractivity contribution in [2.24, 2.45) is 0 Å². The number of furan rings is 1. The van der Waals surface area contributed by atoms with E-state index in [4.69, 9.17) is 10.2 Å². The summed E-state index contributed by atoms with van der Waals surface area (Å²) < 4.78 is 42.5. The van der Waals surface area contributed by atoms with Gasteiger partial charge in [0, 0.05) is 6.20 Å². The SMILES string of the molecule is Nc1ncc(C(F)(F)F)cc1NCc1ccco1. The summed E-state index contributed by atoms with van der Waals surface area (Å²) in [6, 6.07) is 4.31. The standard InChI is InChI=1S/C11H10F3N3O/c12-11(13,14)7-4-9(10(15)17-5-7)16-6-8-2-1-3-18-8/h1-5,16H,6H2,(H2,15,17). The van der Waals surface area contributed by atoms with Crippen molar-refractivity contribution in [1.29, 1.82) is 0 Å². The first-order valence-corrected chi connectivity index (χ1v) is 5.06. The van der Waals surface area contributed by atoms with E-state index in [1.165, 1.54) is 6.26 Å². The average Bonchev–Trinajstić information content (AvgIpc) is 2.79. The van der Waals surface area contributed by atoms with Gasteiger partial charge in [0.05, 0.1) is 24.1 Å². The second kappa shape index (κ2) is 4.59. The first-order chi connectivity index (χ1) is 8.47. The number of hydrogen-bond acceptors (Lipinski definition) is 4. The maximum atomic E-state index is 12.5. The summed E-state index contributed by atoms with van der Waals surface area (Å²) in [6.45, 7) is 0.236. The number of rotatable bonds is 3. The fourth-order valence-electron chi connectivity index (χ4n) is 1.37. The van der Waals surface area contributed by atoms with Gasteiger partial charge < -0.3 is 15.5 Å². The van der Waals surface area contributed by atoms with E-state index in [0.717, 1.165) is 6.07 Å². The topological polar surface area (TPSA) is 64.1 Å². The van der Waals surface area contributed by atoms with Gasteiger partial charge in [-0.05, 0) is 18.2 Å². The number of aromatic nitrogens is 1. The minimum Gasteiger partial charge on any atom is -0.467 e. The van der Waals surface area contributed by atoms with E-state index >= 15 is 0 Å².